The van der Waals surface area contributed by atoms with Crippen LogP contribution in [0.15, 0.2) is 60.9 Å². The lowest BCUT2D eigenvalue weighted by molar-refractivity contribution is 0.621. The molecule has 8 heteroatoms. The van der Waals surface area contributed by atoms with Gasteiger partial charge in [0.15, 0.2) is 0 Å². The van der Waals surface area contributed by atoms with Gasteiger partial charge in [0.2, 0.25) is 5.82 Å². The van der Waals surface area contributed by atoms with E-state index in [9.17, 15) is 4.39 Å². The summed E-state index contributed by atoms with van der Waals surface area (Å²) in [5.41, 5.74) is 2.67. The van der Waals surface area contributed by atoms with Crippen molar-refractivity contribution in [3.8, 4) is 17.2 Å². The van der Waals surface area contributed by atoms with Gasteiger partial charge in [-0.1, -0.05) is 26.0 Å². The molecule has 4 aromatic rings. The molecule has 0 aliphatic heterocycles. The van der Waals surface area contributed by atoms with Gasteiger partial charge in [0.25, 0.3) is 0 Å². The number of tetrazole rings is 1. The van der Waals surface area contributed by atoms with Crippen LogP contribution in [0, 0.1) is 12.7 Å². The topological polar surface area (TPSA) is 72.6 Å². The van der Waals surface area contributed by atoms with Crippen molar-refractivity contribution < 1.29 is 4.39 Å². The number of hydrogen-bond acceptors (Lipinski definition) is 6. The molecule has 29 heavy (non-hydrogen) atoms. The maximum absolute atomic E-state index is 14.3. The average molecular weight is 391 g/mol. The summed E-state index contributed by atoms with van der Waals surface area (Å²) in [6.45, 7) is 5.96. The third kappa shape index (κ3) is 4.43. The summed E-state index contributed by atoms with van der Waals surface area (Å²) in [6.07, 6.45) is 3.36. The van der Waals surface area contributed by atoms with Gasteiger partial charge in [-0.05, 0) is 48.0 Å². The first kappa shape index (κ1) is 20.1. The van der Waals surface area contributed by atoms with Gasteiger partial charge in [0, 0.05) is 31.2 Å². The molecule has 0 atom stereocenters. The minimum atomic E-state index is -0.403. The van der Waals surface area contributed by atoms with E-state index in [-0.39, 0.29) is 0 Å². The first-order valence-electron chi connectivity index (χ1n) is 9.29. The van der Waals surface area contributed by atoms with Gasteiger partial charge in [0.1, 0.15) is 17.3 Å². The van der Waals surface area contributed by atoms with Gasteiger partial charge >= 0.3 is 0 Å². The summed E-state index contributed by atoms with van der Waals surface area (Å²) >= 11 is 0. The minimum absolute atomic E-state index is 0.371. The number of pyridine rings is 2. The maximum Gasteiger partial charge on any atom is 0.223 e. The molecule has 0 N–H and O–H groups in total. The highest BCUT2D eigenvalue weighted by molar-refractivity contribution is 5.64. The fraction of sp³-hybridized carbons (Fsp3) is 0.190. The molecule has 3 heterocycles. The second-order valence-corrected chi connectivity index (χ2v) is 5.99. The van der Waals surface area contributed by atoms with Crippen LogP contribution in [0.3, 0.4) is 0 Å². The Kier molecular flexibility index (Phi) is 6.23. The molecule has 0 aliphatic rings. The lowest BCUT2D eigenvalue weighted by Crippen LogP contribution is -2.13. The molecule has 0 unspecified atom stereocenters. The summed E-state index contributed by atoms with van der Waals surface area (Å²) in [5.74, 6) is 0.713. The van der Waals surface area contributed by atoms with E-state index in [1.54, 1.807) is 24.5 Å². The third-order valence-corrected chi connectivity index (χ3v) is 4.09. The maximum atomic E-state index is 14.3. The monoisotopic (exact) mass is 391 g/mol. The summed E-state index contributed by atoms with van der Waals surface area (Å²) in [5, 5.41) is 12.4. The smallest absolute Gasteiger partial charge is 0.223 e. The molecular weight excluding hydrogens is 369 g/mol. The van der Waals surface area contributed by atoms with Crippen LogP contribution >= 0.6 is 0 Å². The molecule has 148 valence electrons. The average Bonchev–Trinajstić information content (AvgIpc) is 3.26. The Hall–Kier alpha value is -3.68. The van der Waals surface area contributed by atoms with Gasteiger partial charge in [-0.3, -0.25) is 4.98 Å². The van der Waals surface area contributed by atoms with Gasteiger partial charge in [-0.2, -0.15) is 0 Å². The zero-order valence-corrected chi connectivity index (χ0v) is 16.8. The van der Waals surface area contributed by atoms with E-state index in [0.29, 0.717) is 22.9 Å². The Labute approximate surface area is 168 Å². The molecule has 0 bridgehead atoms. The molecule has 7 nitrogen and oxygen atoms in total. The molecule has 0 saturated carbocycles. The van der Waals surface area contributed by atoms with Gasteiger partial charge in [-0.15, -0.1) is 15.0 Å². The fourth-order valence-electron chi connectivity index (χ4n) is 2.74. The highest BCUT2D eigenvalue weighted by Gasteiger charge is 2.14. The predicted molar refractivity (Wildman–Crippen MR) is 111 cm³/mol. The van der Waals surface area contributed by atoms with E-state index in [0.717, 1.165) is 11.4 Å². The van der Waals surface area contributed by atoms with Crippen molar-refractivity contribution in [2.45, 2.75) is 20.8 Å². The van der Waals surface area contributed by atoms with Gasteiger partial charge < -0.3 is 4.90 Å². The Balaban J connectivity index is 0.00000117. The quantitative estimate of drug-likeness (QED) is 0.515. The second kappa shape index (κ2) is 9.01. The van der Waals surface area contributed by atoms with Crippen molar-refractivity contribution in [3.63, 3.8) is 0 Å². The molecule has 0 saturated heterocycles. The number of hydrogen-bond donors (Lipinski definition) is 0. The number of benzene rings is 1. The van der Waals surface area contributed by atoms with Gasteiger partial charge in [0.05, 0.1) is 5.69 Å². The SMILES string of the molecule is CC.Cc1cccnc1N(C)c1cc(F)cc(-n2nnc(-c3ccccn3)n2)c1. The van der Waals surface area contributed by atoms with E-state index >= 15 is 0 Å². The van der Waals surface area contributed by atoms with Crippen molar-refractivity contribution in [1.29, 1.82) is 0 Å². The van der Waals surface area contributed by atoms with E-state index < -0.39 is 5.82 Å². The molecule has 0 radical (unpaired) electrons. The Bertz CT molecular complexity index is 1080. The third-order valence-electron chi connectivity index (χ3n) is 4.09. The fourth-order valence-corrected chi connectivity index (χ4v) is 2.74. The van der Waals surface area contributed by atoms with Crippen molar-refractivity contribution in [1.82, 2.24) is 30.2 Å². The first-order chi connectivity index (χ1) is 14.1. The molecule has 4 rings (SSSR count). The Morgan fingerprint density at radius 1 is 0.966 bits per heavy atom. The zero-order chi connectivity index (χ0) is 20.8. The molecular formula is C21H22FN7. The van der Waals surface area contributed by atoms with Crippen molar-refractivity contribution in [2.75, 3.05) is 11.9 Å². The van der Waals surface area contributed by atoms with Crippen LogP contribution < -0.4 is 4.90 Å². The number of anilines is 2. The lowest BCUT2D eigenvalue weighted by atomic mass is 10.2. The van der Waals surface area contributed by atoms with Crippen molar-refractivity contribution in [3.05, 3.63) is 72.3 Å². The second-order valence-electron chi connectivity index (χ2n) is 5.99. The standard InChI is InChI=1S/C19H16FN7.C2H6/c1-13-6-5-9-22-19(13)26(2)15-10-14(20)11-16(12-15)27-24-18(23-25-27)17-7-3-4-8-21-17;1-2/h3-12H,1-2H3;1-2H3. The van der Waals surface area contributed by atoms with E-state index in [1.165, 1.54) is 16.9 Å². The number of halogens is 1. The first-order valence-corrected chi connectivity index (χ1v) is 9.29. The Morgan fingerprint density at radius 3 is 2.48 bits per heavy atom. The molecule has 0 fully saturated rings. The van der Waals surface area contributed by atoms with Crippen LogP contribution in [0.1, 0.15) is 19.4 Å². The van der Waals surface area contributed by atoms with Crippen LogP contribution in [-0.2, 0) is 0 Å². The van der Waals surface area contributed by atoms with Crippen LogP contribution in [0.4, 0.5) is 15.9 Å². The molecule has 0 amide bonds. The Morgan fingerprint density at radius 2 is 1.76 bits per heavy atom. The molecule has 0 aliphatic carbocycles. The number of aryl methyl sites for hydroxylation is 1. The van der Waals surface area contributed by atoms with Crippen molar-refractivity contribution in [2.24, 2.45) is 0 Å². The lowest BCUT2D eigenvalue weighted by Gasteiger charge is -2.20. The summed E-state index contributed by atoms with van der Waals surface area (Å²) in [7, 11) is 1.84. The normalized spacial score (nSPS) is 10.2. The molecule has 1 aromatic carbocycles. The van der Waals surface area contributed by atoms with E-state index in [1.807, 2.05) is 57.0 Å². The summed E-state index contributed by atoms with van der Waals surface area (Å²) < 4.78 is 14.3. The summed E-state index contributed by atoms with van der Waals surface area (Å²) in [6, 6.07) is 13.8. The van der Waals surface area contributed by atoms with E-state index in [4.69, 9.17) is 0 Å². The number of rotatable bonds is 4. The number of aromatic nitrogens is 6. The highest BCUT2D eigenvalue weighted by Crippen LogP contribution is 2.27. The van der Waals surface area contributed by atoms with Crippen LogP contribution in [0.25, 0.3) is 17.2 Å². The summed E-state index contributed by atoms with van der Waals surface area (Å²) in [4.78, 5) is 11.7. The van der Waals surface area contributed by atoms with E-state index in [2.05, 4.69) is 25.4 Å². The van der Waals surface area contributed by atoms with Crippen LogP contribution in [-0.4, -0.2) is 37.2 Å². The van der Waals surface area contributed by atoms with Crippen molar-refractivity contribution >= 4 is 11.5 Å². The van der Waals surface area contributed by atoms with Gasteiger partial charge in [-0.25, -0.2) is 9.37 Å². The zero-order valence-electron chi connectivity index (χ0n) is 16.8. The molecule has 0 spiro atoms. The largest absolute Gasteiger partial charge is 0.329 e. The highest BCUT2D eigenvalue weighted by atomic mass is 19.1. The molecule has 3 aromatic heterocycles. The van der Waals surface area contributed by atoms with Crippen LogP contribution in [0.5, 0.6) is 0 Å². The predicted octanol–water partition coefficient (Wildman–Crippen LogP) is 4.36. The number of nitrogens with zero attached hydrogens (tertiary/aromatic N) is 7. The van der Waals surface area contributed by atoms with Crippen LogP contribution in [0.2, 0.25) is 0 Å². The minimum Gasteiger partial charge on any atom is -0.329 e.